The zero-order valence-electron chi connectivity index (χ0n) is 12.3. The van der Waals surface area contributed by atoms with E-state index in [9.17, 15) is 4.79 Å². The molecule has 0 aromatic carbocycles. The maximum atomic E-state index is 12.5. The number of morpholine rings is 1. The van der Waals surface area contributed by atoms with Gasteiger partial charge in [0, 0.05) is 37.3 Å². The Kier molecular flexibility index (Phi) is 4.80. The van der Waals surface area contributed by atoms with Crippen molar-refractivity contribution in [2.45, 2.75) is 6.10 Å². The summed E-state index contributed by atoms with van der Waals surface area (Å²) in [6.07, 6.45) is 1.14. The molecule has 0 aliphatic carbocycles. The number of carbonyl (C=O) groups is 1. The molecule has 3 heterocycles. The molecular weight excluding hydrogens is 300 g/mol. The highest BCUT2D eigenvalue weighted by Gasteiger charge is 2.31. The highest BCUT2D eigenvalue weighted by Crippen LogP contribution is 2.18. The monoisotopic (exact) mass is 318 g/mol. The summed E-state index contributed by atoms with van der Waals surface area (Å²) in [7, 11) is 0. The molecule has 2 fully saturated rings. The number of nitrogens with zero attached hydrogens (tertiary/aromatic N) is 4. The molecule has 0 bridgehead atoms. The smallest absolute Gasteiger partial charge is 0.253 e. The minimum absolute atomic E-state index is 0.0821. The van der Waals surface area contributed by atoms with Gasteiger partial charge in [-0.2, -0.15) is 17.0 Å². The first-order valence-corrected chi connectivity index (χ1v) is 8.52. The molecule has 0 saturated carbocycles. The van der Waals surface area contributed by atoms with Gasteiger partial charge in [0.15, 0.2) is 6.10 Å². The van der Waals surface area contributed by atoms with Crippen molar-refractivity contribution in [2.24, 2.45) is 0 Å². The number of hydrogen-bond acceptors (Lipinski definition) is 6. The number of thioether (sulfide) groups is 1. The second-order valence-corrected chi connectivity index (χ2v) is 6.48. The van der Waals surface area contributed by atoms with Crippen molar-refractivity contribution in [3.63, 3.8) is 0 Å². The van der Waals surface area contributed by atoms with Crippen LogP contribution in [-0.4, -0.2) is 66.2 Å². The van der Waals surface area contributed by atoms with Gasteiger partial charge in [-0.25, -0.2) is 4.98 Å². The summed E-state index contributed by atoms with van der Waals surface area (Å²) >= 11 is 1.88. The van der Waals surface area contributed by atoms with Crippen molar-refractivity contribution in [1.29, 1.82) is 5.26 Å². The number of hydrogen-bond donors (Lipinski definition) is 0. The van der Waals surface area contributed by atoms with Crippen LogP contribution in [0, 0.1) is 11.3 Å². The number of ether oxygens (including phenoxy) is 1. The normalized spacial score (nSPS) is 22.2. The predicted molar refractivity (Wildman–Crippen MR) is 84.8 cm³/mol. The fraction of sp³-hybridized carbons (Fsp3) is 0.533. The fourth-order valence-corrected chi connectivity index (χ4v) is 3.54. The van der Waals surface area contributed by atoms with Gasteiger partial charge < -0.3 is 14.5 Å². The summed E-state index contributed by atoms with van der Waals surface area (Å²) < 4.78 is 5.67. The maximum Gasteiger partial charge on any atom is 0.253 e. The van der Waals surface area contributed by atoms with Crippen LogP contribution in [0.4, 0.5) is 5.82 Å². The molecule has 7 heteroatoms. The standard InChI is InChI=1S/C15H18N4O2S/c16-9-12-1-2-14(17-10-12)19-3-6-21-13(11-19)15(20)18-4-7-22-8-5-18/h1-2,10,13H,3-8,11H2. The zero-order valence-corrected chi connectivity index (χ0v) is 13.1. The van der Waals surface area contributed by atoms with Crippen molar-refractivity contribution in [2.75, 3.05) is 49.2 Å². The van der Waals surface area contributed by atoms with E-state index in [2.05, 4.69) is 11.1 Å². The molecule has 3 rings (SSSR count). The molecule has 1 atom stereocenters. The van der Waals surface area contributed by atoms with Crippen LogP contribution < -0.4 is 4.90 Å². The van der Waals surface area contributed by atoms with Gasteiger partial charge in [0.1, 0.15) is 11.9 Å². The summed E-state index contributed by atoms with van der Waals surface area (Å²) in [6.45, 7) is 3.34. The molecule has 1 unspecified atom stereocenters. The van der Waals surface area contributed by atoms with E-state index in [-0.39, 0.29) is 5.91 Å². The molecule has 116 valence electrons. The van der Waals surface area contributed by atoms with Crippen LogP contribution in [0.5, 0.6) is 0 Å². The Morgan fingerprint density at radius 2 is 2.18 bits per heavy atom. The lowest BCUT2D eigenvalue weighted by Gasteiger charge is -2.36. The summed E-state index contributed by atoms with van der Waals surface area (Å²) in [5.41, 5.74) is 0.537. The van der Waals surface area contributed by atoms with Gasteiger partial charge in [-0.3, -0.25) is 4.79 Å². The van der Waals surface area contributed by atoms with Crippen molar-refractivity contribution in [1.82, 2.24) is 9.88 Å². The minimum Gasteiger partial charge on any atom is -0.365 e. The lowest BCUT2D eigenvalue weighted by molar-refractivity contribution is -0.144. The lowest BCUT2D eigenvalue weighted by atomic mass is 10.2. The first-order chi connectivity index (χ1) is 10.8. The van der Waals surface area contributed by atoms with Crippen LogP contribution in [0.1, 0.15) is 5.56 Å². The van der Waals surface area contributed by atoms with Gasteiger partial charge in [-0.15, -0.1) is 0 Å². The molecule has 2 aliphatic heterocycles. The quantitative estimate of drug-likeness (QED) is 0.801. The third-order valence-corrected chi connectivity index (χ3v) is 4.81. The molecule has 1 aromatic rings. The van der Waals surface area contributed by atoms with Crippen LogP contribution in [0.2, 0.25) is 0 Å². The molecule has 22 heavy (non-hydrogen) atoms. The minimum atomic E-state index is -0.422. The fourth-order valence-electron chi connectivity index (χ4n) is 2.63. The van der Waals surface area contributed by atoms with Crippen LogP contribution in [0.15, 0.2) is 18.3 Å². The first kappa shape index (κ1) is 15.1. The molecule has 0 spiro atoms. The van der Waals surface area contributed by atoms with Gasteiger partial charge in [0.25, 0.3) is 5.91 Å². The van der Waals surface area contributed by atoms with Crippen LogP contribution in [0.3, 0.4) is 0 Å². The van der Waals surface area contributed by atoms with E-state index < -0.39 is 6.10 Å². The highest BCUT2D eigenvalue weighted by atomic mass is 32.2. The van der Waals surface area contributed by atoms with E-state index in [0.717, 1.165) is 30.4 Å². The summed E-state index contributed by atoms with van der Waals surface area (Å²) in [5.74, 6) is 2.87. The van der Waals surface area contributed by atoms with Crippen molar-refractivity contribution in [3.05, 3.63) is 23.9 Å². The molecule has 1 amide bonds. The van der Waals surface area contributed by atoms with Crippen LogP contribution in [0.25, 0.3) is 0 Å². The second kappa shape index (κ2) is 6.99. The van der Waals surface area contributed by atoms with E-state index in [1.54, 1.807) is 12.3 Å². The Balaban J connectivity index is 1.65. The first-order valence-electron chi connectivity index (χ1n) is 7.37. The van der Waals surface area contributed by atoms with Gasteiger partial charge in [0.05, 0.1) is 18.7 Å². The second-order valence-electron chi connectivity index (χ2n) is 5.26. The number of rotatable bonds is 2. The third-order valence-electron chi connectivity index (χ3n) is 3.87. The molecule has 1 aromatic heterocycles. The van der Waals surface area contributed by atoms with Gasteiger partial charge >= 0.3 is 0 Å². The Bertz CT molecular complexity index is 566. The number of aromatic nitrogens is 1. The number of carbonyl (C=O) groups excluding carboxylic acids is 1. The number of pyridine rings is 1. The molecule has 6 nitrogen and oxygen atoms in total. The van der Waals surface area contributed by atoms with E-state index in [1.807, 2.05) is 27.6 Å². The summed E-state index contributed by atoms with van der Waals surface area (Å²) in [5, 5.41) is 8.82. The van der Waals surface area contributed by atoms with E-state index in [0.29, 0.717) is 25.3 Å². The Hall–Kier alpha value is -1.78. The Labute approximate surface area is 134 Å². The molecule has 0 radical (unpaired) electrons. The molecule has 2 saturated heterocycles. The highest BCUT2D eigenvalue weighted by molar-refractivity contribution is 7.99. The Morgan fingerprint density at radius 1 is 1.36 bits per heavy atom. The Morgan fingerprint density at radius 3 is 2.86 bits per heavy atom. The summed E-state index contributed by atoms with van der Waals surface area (Å²) in [4.78, 5) is 20.8. The predicted octanol–water partition coefficient (Wildman–Crippen LogP) is 0.734. The van der Waals surface area contributed by atoms with Gasteiger partial charge in [0.2, 0.25) is 0 Å². The van der Waals surface area contributed by atoms with Crippen LogP contribution in [-0.2, 0) is 9.53 Å². The lowest BCUT2D eigenvalue weighted by Crippen LogP contribution is -2.52. The van der Waals surface area contributed by atoms with Crippen molar-refractivity contribution in [3.8, 4) is 6.07 Å². The average molecular weight is 318 g/mol. The van der Waals surface area contributed by atoms with Crippen LogP contribution >= 0.6 is 11.8 Å². The van der Waals surface area contributed by atoms with Crippen molar-refractivity contribution < 1.29 is 9.53 Å². The zero-order chi connectivity index (χ0) is 15.4. The SMILES string of the molecule is N#Cc1ccc(N2CCOC(C(=O)N3CCSCC3)C2)nc1. The number of anilines is 1. The third kappa shape index (κ3) is 3.34. The van der Waals surface area contributed by atoms with E-state index in [1.165, 1.54) is 0 Å². The number of nitriles is 1. The van der Waals surface area contributed by atoms with Gasteiger partial charge in [-0.05, 0) is 12.1 Å². The van der Waals surface area contributed by atoms with Crippen molar-refractivity contribution >= 4 is 23.5 Å². The molecule has 0 N–H and O–H groups in total. The summed E-state index contributed by atoms with van der Waals surface area (Å²) in [6, 6.07) is 5.63. The topological polar surface area (TPSA) is 69.5 Å². The molecular formula is C15H18N4O2S. The van der Waals surface area contributed by atoms with Gasteiger partial charge in [-0.1, -0.05) is 0 Å². The maximum absolute atomic E-state index is 12.5. The van der Waals surface area contributed by atoms with E-state index in [4.69, 9.17) is 10.00 Å². The number of amides is 1. The molecule has 2 aliphatic rings. The van der Waals surface area contributed by atoms with E-state index >= 15 is 0 Å². The average Bonchev–Trinajstić information content (AvgIpc) is 2.62. The largest absolute Gasteiger partial charge is 0.365 e.